The number of nitrogens with one attached hydrogen (secondary N) is 1. The van der Waals surface area contributed by atoms with Crippen LogP contribution in [0.4, 0.5) is 15.3 Å². The minimum atomic E-state index is -0.901. The molecular weight excluding hydrogens is 370 g/mol. The van der Waals surface area contributed by atoms with E-state index >= 15 is 0 Å². The summed E-state index contributed by atoms with van der Waals surface area (Å²) in [6.07, 6.45) is -1.60. The molecule has 0 radical (unpaired) electrons. The van der Waals surface area contributed by atoms with E-state index in [1.54, 1.807) is 54.6 Å². The molecule has 3 aromatic carbocycles. The van der Waals surface area contributed by atoms with Gasteiger partial charge in [0, 0.05) is 6.07 Å². The Bertz CT molecular complexity index is 932. The van der Waals surface area contributed by atoms with Crippen molar-refractivity contribution in [2.24, 2.45) is 0 Å². The summed E-state index contributed by atoms with van der Waals surface area (Å²) in [5.74, 6) is 0.924. The SMILES string of the molecule is O=C(Nc1ccc(OC(=O)Oc2ccccc2)cc1Cl)Oc1ccccc1. The number of para-hydroxylation sites is 2. The molecule has 0 bridgehead atoms. The average molecular weight is 384 g/mol. The lowest BCUT2D eigenvalue weighted by Gasteiger charge is -2.10. The molecule has 0 saturated heterocycles. The van der Waals surface area contributed by atoms with E-state index in [9.17, 15) is 9.59 Å². The van der Waals surface area contributed by atoms with Gasteiger partial charge < -0.3 is 14.2 Å². The molecule has 7 heteroatoms. The zero-order chi connectivity index (χ0) is 19.1. The Morgan fingerprint density at radius 2 is 1.26 bits per heavy atom. The minimum Gasteiger partial charge on any atom is -0.410 e. The molecule has 0 aliphatic carbocycles. The van der Waals surface area contributed by atoms with E-state index in [0.29, 0.717) is 17.2 Å². The molecule has 0 aliphatic rings. The molecule has 3 aromatic rings. The van der Waals surface area contributed by atoms with Gasteiger partial charge in [-0.1, -0.05) is 48.0 Å². The molecule has 1 amide bonds. The first kappa shape index (κ1) is 18.3. The summed E-state index contributed by atoms with van der Waals surface area (Å²) < 4.78 is 15.2. The van der Waals surface area contributed by atoms with E-state index in [0.717, 1.165) is 0 Å². The largest absolute Gasteiger partial charge is 0.519 e. The first-order valence-corrected chi connectivity index (χ1v) is 8.26. The highest BCUT2D eigenvalue weighted by Gasteiger charge is 2.12. The second kappa shape index (κ2) is 8.73. The van der Waals surface area contributed by atoms with E-state index in [-0.39, 0.29) is 10.8 Å². The van der Waals surface area contributed by atoms with Crippen molar-refractivity contribution in [2.45, 2.75) is 0 Å². The molecule has 0 saturated carbocycles. The molecule has 6 nitrogen and oxygen atoms in total. The van der Waals surface area contributed by atoms with Gasteiger partial charge in [-0.05, 0) is 36.4 Å². The van der Waals surface area contributed by atoms with Gasteiger partial charge in [0.2, 0.25) is 0 Å². The molecule has 0 fully saturated rings. The van der Waals surface area contributed by atoms with Crippen molar-refractivity contribution in [1.29, 1.82) is 0 Å². The zero-order valence-electron chi connectivity index (χ0n) is 13.9. The smallest absolute Gasteiger partial charge is 0.410 e. The van der Waals surface area contributed by atoms with E-state index in [4.69, 9.17) is 25.8 Å². The molecule has 1 N–H and O–H groups in total. The molecule has 0 unspecified atom stereocenters. The van der Waals surface area contributed by atoms with E-state index in [1.165, 1.54) is 18.2 Å². The molecule has 136 valence electrons. The summed E-state index contributed by atoms with van der Waals surface area (Å²) in [5.41, 5.74) is 0.307. The lowest BCUT2D eigenvalue weighted by atomic mass is 10.3. The number of hydrogen-bond donors (Lipinski definition) is 1. The summed E-state index contributed by atoms with van der Waals surface area (Å²) in [7, 11) is 0. The Morgan fingerprint density at radius 3 is 1.85 bits per heavy atom. The van der Waals surface area contributed by atoms with Crippen LogP contribution in [-0.4, -0.2) is 12.2 Å². The number of carbonyl (C=O) groups excluding carboxylic acids is 2. The van der Waals surface area contributed by atoms with Crippen LogP contribution in [0.5, 0.6) is 17.2 Å². The number of ether oxygens (including phenoxy) is 3. The minimum absolute atomic E-state index is 0.169. The van der Waals surface area contributed by atoms with Crippen molar-refractivity contribution >= 4 is 29.5 Å². The van der Waals surface area contributed by atoms with Gasteiger partial charge in [-0.15, -0.1) is 0 Å². The average Bonchev–Trinajstić information content (AvgIpc) is 2.65. The van der Waals surface area contributed by atoms with Gasteiger partial charge in [-0.3, -0.25) is 5.32 Å². The molecular formula is C20H14ClNO5. The van der Waals surface area contributed by atoms with Gasteiger partial charge in [0.15, 0.2) is 0 Å². The third-order valence-electron chi connectivity index (χ3n) is 3.28. The summed E-state index contributed by atoms with van der Waals surface area (Å²) in [4.78, 5) is 23.7. The van der Waals surface area contributed by atoms with Crippen molar-refractivity contribution in [1.82, 2.24) is 0 Å². The van der Waals surface area contributed by atoms with E-state index in [2.05, 4.69) is 5.32 Å². The summed E-state index contributed by atoms with van der Waals surface area (Å²) in [6, 6.07) is 21.4. The number of hydrogen-bond acceptors (Lipinski definition) is 5. The van der Waals surface area contributed by atoms with Crippen LogP contribution >= 0.6 is 11.6 Å². The third kappa shape index (κ3) is 5.49. The predicted octanol–water partition coefficient (Wildman–Crippen LogP) is 5.53. The summed E-state index contributed by atoms with van der Waals surface area (Å²) in [6.45, 7) is 0. The van der Waals surface area contributed by atoms with Crippen LogP contribution in [0.2, 0.25) is 5.02 Å². The van der Waals surface area contributed by atoms with Crippen LogP contribution in [0.1, 0.15) is 0 Å². The zero-order valence-corrected chi connectivity index (χ0v) is 14.7. The van der Waals surface area contributed by atoms with Crippen LogP contribution in [0.15, 0.2) is 78.9 Å². The topological polar surface area (TPSA) is 73.9 Å². The number of carbonyl (C=O) groups is 2. The van der Waals surface area contributed by atoms with Gasteiger partial charge in [-0.2, -0.15) is 0 Å². The maximum Gasteiger partial charge on any atom is 0.519 e. The summed E-state index contributed by atoms with van der Waals surface area (Å²) >= 11 is 6.12. The predicted molar refractivity (Wildman–Crippen MR) is 101 cm³/mol. The Balaban J connectivity index is 1.58. The number of anilines is 1. The van der Waals surface area contributed by atoms with E-state index in [1.807, 2.05) is 6.07 Å². The maximum absolute atomic E-state index is 11.9. The van der Waals surface area contributed by atoms with Gasteiger partial charge in [0.25, 0.3) is 0 Å². The molecule has 0 spiro atoms. The van der Waals surface area contributed by atoms with Crippen LogP contribution in [-0.2, 0) is 0 Å². The standard InChI is InChI=1S/C20H14ClNO5/c21-17-13-16(27-20(24)26-15-9-5-2-6-10-15)11-12-18(17)22-19(23)25-14-7-3-1-4-8-14/h1-13H,(H,22,23). The van der Waals surface area contributed by atoms with Crippen molar-refractivity contribution in [3.8, 4) is 17.2 Å². The normalized spacial score (nSPS) is 9.96. The van der Waals surface area contributed by atoms with Crippen molar-refractivity contribution in [3.05, 3.63) is 83.9 Å². The van der Waals surface area contributed by atoms with Gasteiger partial charge >= 0.3 is 12.2 Å². The van der Waals surface area contributed by atoms with Crippen molar-refractivity contribution in [3.63, 3.8) is 0 Å². The fourth-order valence-electron chi connectivity index (χ4n) is 2.09. The number of halogens is 1. The lowest BCUT2D eigenvalue weighted by Crippen LogP contribution is -2.17. The highest BCUT2D eigenvalue weighted by Crippen LogP contribution is 2.27. The van der Waals surface area contributed by atoms with E-state index < -0.39 is 12.2 Å². The Labute approximate surface area is 160 Å². The second-order valence-corrected chi connectivity index (χ2v) is 5.64. The third-order valence-corrected chi connectivity index (χ3v) is 3.59. The Kier molecular flexibility index (Phi) is 5.91. The van der Waals surface area contributed by atoms with Crippen LogP contribution < -0.4 is 19.5 Å². The lowest BCUT2D eigenvalue weighted by molar-refractivity contribution is 0.152. The first-order chi connectivity index (χ1) is 13.1. The van der Waals surface area contributed by atoms with Gasteiger partial charge in [0.1, 0.15) is 17.2 Å². The van der Waals surface area contributed by atoms with Gasteiger partial charge in [-0.25, -0.2) is 9.59 Å². The Hall–Kier alpha value is -3.51. The highest BCUT2D eigenvalue weighted by atomic mass is 35.5. The molecule has 3 rings (SSSR count). The molecule has 0 aliphatic heterocycles. The van der Waals surface area contributed by atoms with Crippen LogP contribution in [0, 0.1) is 0 Å². The maximum atomic E-state index is 11.9. The Morgan fingerprint density at radius 1 is 0.704 bits per heavy atom. The molecule has 0 atom stereocenters. The highest BCUT2D eigenvalue weighted by molar-refractivity contribution is 6.33. The summed E-state index contributed by atoms with van der Waals surface area (Å²) in [5, 5.41) is 2.69. The second-order valence-electron chi connectivity index (χ2n) is 5.24. The fourth-order valence-corrected chi connectivity index (χ4v) is 2.31. The van der Waals surface area contributed by atoms with Crippen LogP contribution in [0.3, 0.4) is 0 Å². The fraction of sp³-hybridized carbons (Fsp3) is 0. The molecule has 0 heterocycles. The molecule has 0 aromatic heterocycles. The quantitative estimate of drug-likeness (QED) is 0.473. The number of rotatable bonds is 4. The van der Waals surface area contributed by atoms with Gasteiger partial charge in [0.05, 0.1) is 10.7 Å². The monoisotopic (exact) mass is 383 g/mol. The number of amides is 1. The van der Waals surface area contributed by atoms with Crippen LogP contribution in [0.25, 0.3) is 0 Å². The number of benzene rings is 3. The van der Waals surface area contributed by atoms with Crippen molar-refractivity contribution in [2.75, 3.05) is 5.32 Å². The first-order valence-electron chi connectivity index (χ1n) is 7.88. The molecule has 27 heavy (non-hydrogen) atoms. The van der Waals surface area contributed by atoms with Crippen molar-refractivity contribution < 1.29 is 23.8 Å².